The molecule has 22 valence electrons. The Morgan fingerprint density at radius 2 is 1.50 bits per heavy atom. The second-order valence-corrected chi connectivity index (χ2v) is 4.21. The van der Waals surface area contributed by atoms with E-state index in [1.165, 1.54) is 0 Å². The van der Waals surface area contributed by atoms with E-state index in [1.54, 1.807) is 0 Å². The predicted octanol–water partition coefficient (Wildman–Crippen LogP) is 0.0123. The van der Waals surface area contributed by atoms with Gasteiger partial charge in [-0.3, -0.25) is 0 Å². The summed E-state index contributed by atoms with van der Waals surface area (Å²) in [5.74, 6) is 0. The van der Waals surface area contributed by atoms with Crippen molar-refractivity contribution in [3.63, 3.8) is 0 Å². The van der Waals surface area contributed by atoms with Gasteiger partial charge in [-0.05, 0) is 0 Å². The standard InChI is InChI=1S/C2H6N.La/c1-3-2;/h1-2H3;/q-1;+1. The summed E-state index contributed by atoms with van der Waals surface area (Å²) in [7, 11) is 4.15. The molecule has 0 aromatic carbocycles. The molecular formula is C2H6LaN. The van der Waals surface area contributed by atoms with E-state index >= 15 is 0 Å². The summed E-state index contributed by atoms with van der Waals surface area (Å²) in [5.41, 5.74) is 0. The predicted molar refractivity (Wildman–Crippen MR) is 13.7 cm³/mol. The van der Waals surface area contributed by atoms with Crippen LogP contribution >= 0.6 is 0 Å². The minimum absolute atomic E-state index is 1.02. The molecule has 0 unspecified atom stereocenters. The molecular weight excluding hydrogens is 177 g/mol. The second kappa shape index (κ2) is 2.40. The van der Waals surface area contributed by atoms with Gasteiger partial charge in [-0.1, -0.05) is 0 Å². The van der Waals surface area contributed by atoms with E-state index in [0.29, 0.717) is 0 Å². The van der Waals surface area contributed by atoms with E-state index in [2.05, 4.69) is 15.8 Å². The van der Waals surface area contributed by atoms with Gasteiger partial charge in [0.25, 0.3) is 0 Å². The van der Waals surface area contributed by atoms with E-state index < -0.39 is 0 Å². The van der Waals surface area contributed by atoms with E-state index in [0.717, 1.165) is 34.1 Å². The molecule has 0 radical (unpaired) electrons. The van der Waals surface area contributed by atoms with Crippen LogP contribution in [0.5, 0.6) is 0 Å². The van der Waals surface area contributed by atoms with Crippen molar-refractivity contribution in [3.8, 4) is 0 Å². The molecule has 0 bridgehead atoms. The molecule has 0 fully saturated rings. The van der Waals surface area contributed by atoms with Crippen LogP contribution in [-0.2, 0) is 0 Å². The molecule has 0 amide bonds. The van der Waals surface area contributed by atoms with Gasteiger partial charge in [-0.2, -0.15) is 0 Å². The van der Waals surface area contributed by atoms with Gasteiger partial charge in [0.2, 0.25) is 0 Å². The van der Waals surface area contributed by atoms with Crippen LogP contribution in [0.25, 0.3) is 0 Å². The van der Waals surface area contributed by atoms with E-state index in [1.807, 2.05) is 0 Å². The Balaban J connectivity index is 2.32. The molecule has 0 aliphatic carbocycles. The first kappa shape index (κ1) is 5.15. The molecule has 0 heterocycles. The van der Waals surface area contributed by atoms with Gasteiger partial charge in [0, 0.05) is 0 Å². The molecule has 2 heteroatoms. The zero-order valence-electron chi connectivity index (χ0n) is 3.02. The fourth-order valence-electron chi connectivity index (χ4n) is 0. The van der Waals surface area contributed by atoms with Crippen LogP contribution in [-0.4, -0.2) is 15.8 Å². The van der Waals surface area contributed by atoms with Crippen molar-refractivity contribution in [2.45, 2.75) is 0 Å². The van der Waals surface area contributed by atoms with Crippen molar-refractivity contribution < 1.29 is 34.1 Å². The van der Waals surface area contributed by atoms with Crippen LogP contribution in [0.4, 0.5) is 0 Å². The molecule has 0 N–H and O–H groups in total. The third-order valence-corrected chi connectivity index (χ3v) is 0. The Morgan fingerprint density at radius 3 is 1.50 bits per heavy atom. The average Bonchev–Trinajstić information content (AvgIpc) is 0.811. The fourth-order valence-corrected chi connectivity index (χ4v) is 0. The number of hydrogen-bond acceptors (Lipinski definition) is 1. The Kier molecular flexibility index (Phi) is 3.09. The maximum atomic E-state index is 2.17. The maximum absolute atomic E-state index is 2.17. The van der Waals surface area contributed by atoms with Crippen molar-refractivity contribution in [2.24, 2.45) is 0 Å². The molecule has 0 aromatic heterocycles. The Bertz CT molecular complexity index is 10.8. The van der Waals surface area contributed by atoms with Gasteiger partial charge in [0.15, 0.2) is 0 Å². The molecule has 0 aliphatic heterocycles. The first-order chi connectivity index (χ1) is 1.73. The molecule has 0 rings (SSSR count). The van der Waals surface area contributed by atoms with Gasteiger partial charge in [0.1, 0.15) is 0 Å². The van der Waals surface area contributed by atoms with Crippen molar-refractivity contribution in [3.05, 3.63) is 0 Å². The normalized spacial score (nSPS) is 8.50. The van der Waals surface area contributed by atoms with Gasteiger partial charge in [-0.15, -0.1) is 0 Å². The minimum atomic E-state index is 1.02. The quantitative estimate of drug-likeness (QED) is 0.511. The van der Waals surface area contributed by atoms with Crippen LogP contribution in [0.15, 0.2) is 0 Å². The van der Waals surface area contributed by atoms with E-state index in [-0.39, 0.29) is 0 Å². The molecule has 4 heavy (non-hydrogen) atoms. The zero-order valence-corrected chi connectivity index (χ0v) is 6.65. The summed E-state index contributed by atoms with van der Waals surface area (Å²) in [6.07, 6.45) is 0. The summed E-state index contributed by atoms with van der Waals surface area (Å²) in [5, 5.41) is 0. The summed E-state index contributed by atoms with van der Waals surface area (Å²) in [6.45, 7) is 0. The molecule has 0 saturated carbocycles. The van der Waals surface area contributed by atoms with Gasteiger partial charge in [0.05, 0.1) is 0 Å². The van der Waals surface area contributed by atoms with Crippen molar-refractivity contribution in [1.29, 1.82) is 0 Å². The summed E-state index contributed by atoms with van der Waals surface area (Å²) < 4.78 is 2.17. The Labute approximate surface area is 49.6 Å². The van der Waals surface area contributed by atoms with E-state index in [9.17, 15) is 0 Å². The molecule has 1 nitrogen and oxygen atoms in total. The van der Waals surface area contributed by atoms with Crippen molar-refractivity contribution in [1.82, 2.24) is 1.66 Å². The van der Waals surface area contributed by atoms with Crippen LogP contribution in [0, 0.1) is 34.1 Å². The number of nitrogens with zero attached hydrogens (tertiary/aromatic N) is 1. The molecule has 0 atom stereocenters. The first-order valence-electron chi connectivity index (χ1n) is 1.15. The second-order valence-electron chi connectivity index (χ2n) is 0.964. The Hall–Kier alpha value is 1.15. The zero-order chi connectivity index (χ0) is 3.58. The number of hydrogen-bond donors (Lipinski definition) is 0. The first-order valence-corrected chi connectivity index (χ1v) is 2.77. The monoisotopic (exact) mass is 183 g/mol. The Morgan fingerprint density at radius 1 is 1.50 bits per heavy atom. The van der Waals surface area contributed by atoms with Gasteiger partial charge in [-0.25, -0.2) is 0 Å². The summed E-state index contributed by atoms with van der Waals surface area (Å²) in [6, 6.07) is 0. The molecule has 0 saturated heterocycles. The third kappa shape index (κ3) is 11.0. The van der Waals surface area contributed by atoms with E-state index in [4.69, 9.17) is 0 Å². The van der Waals surface area contributed by atoms with Crippen molar-refractivity contribution in [2.75, 3.05) is 14.1 Å². The van der Waals surface area contributed by atoms with Crippen LogP contribution < -0.4 is 0 Å². The average molecular weight is 183 g/mol. The van der Waals surface area contributed by atoms with Crippen LogP contribution in [0.3, 0.4) is 0 Å². The summed E-state index contributed by atoms with van der Waals surface area (Å²) >= 11 is 1.02. The topological polar surface area (TPSA) is 3.24 Å². The van der Waals surface area contributed by atoms with Crippen LogP contribution in [0.1, 0.15) is 0 Å². The van der Waals surface area contributed by atoms with Crippen molar-refractivity contribution >= 4 is 0 Å². The number of rotatable bonds is 0. The van der Waals surface area contributed by atoms with Gasteiger partial charge < -0.3 is 0 Å². The fraction of sp³-hybridized carbons (Fsp3) is 1.00. The summed E-state index contributed by atoms with van der Waals surface area (Å²) in [4.78, 5) is 0. The molecule has 0 aromatic rings. The van der Waals surface area contributed by atoms with Crippen LogP contribution in [0.2, 0.25) is 0 Å². The SMILES string of the molecule is C[N](C)[La]. The molecule has 0 aliphatic rings. The van der Waals surface area contributed by atoms with Gasteiger partial charge >= 0.3 is 49.8 Å². The molecule has 0 spiro atoms. The third-order valence-electron chi connectivity index (χ3n) is 0.